The van der Waals surface area contributed by atoms with E-state index in [1.54, 1.807) is 13.8 Å². The van der Waals surface area contributed by atoms with Gasteiger partial charge in [0, 0.05) is 14.2 Å². The average Bonchev–Trinajstić information content (AvgIpc) is 2.02. The Morgan fingerprint density at radius 3 is 2.14 bits per heavy atom. The summed E-state index contributed by atoms with van der Waals surface area (Å²) in [4.78, 5) is 0. The predicted molar refractivity (Wildman–Crippen MR) is 48.8 cm³/mol. The highest BCUT2D eigenvalue weighted by Gasteiger charge is 2.52. The monoisotopic (exact) mass is 206 g/mol. The van der Waals surface area contributed by atoms with Crippen LogP contribution in [-0.2, 0) is 14.2 Å². The van der Waals surface area contributed by atoms with Crippen LogP contribution in [0, 0.1) is 0 Å². The fourth-order valence-corrected chi connectivity index (χ4v) is 2.07. The van der Waals surface area contributed by atoms with E-state index in [1.807, 2.05) is 0 Å². The van der Waals surface area contributed by atoms with Crippen molar-refractivity contribution in [3.63, 3.8) is 0 Å². The molecule has 0 amide bonds. The molecule has 0 saturated carbocycles. The maximum Gasteiger partial charge on any atom is 0.184 e. The van der Waals surface area contributed by atoms with Crippen LogP contribution >= 0.6 is 0 Å². The molecule has 3 unspecified atom stereocenters. The van der Waals surface area contributed by atoms with E-state index in [4.69, 9.17) is 14.2 Å². The molecule has 0 aliphatic carbocycles. The first-order valence-corrected chi connectivity index (χ1v) is 4.56. The van der Waals surface area contributed by atoms with Crippen LogP contribution in [-0.4, -0.2) is 54.6 Å². The molecule has 5 heteroatoms. The minimum absolute atomic E-state index is 0.378. The molecular weight excluding hydrogens is 188 g/mol. The van der Waals surface area contributed by atoms with E-state index < -0.39 is 24.1 Å². The quantitative estimate of drug-likeness (QED) is 0.638. The molecule has 5 nitrogen and oxygen atoms in total. The number of rotatable bonds is 2. The van der Waals surface area contributed by atoms with Gasteiger partial charge in [0.05, 0.1) is 6.10 Å². The molecule has 1 fully saturated rings. The third-order valence-electron chi connectivity index (χ3n) is 2.70. The van der Waals surface area contributed by atoms with Gasteiger partial charge in [-0.3, -0.25) is 0 Å². The molecule has 1 rings (SSSR count). The summed E-state index contributed by atoms with van der Waals surface area (Å²) in [5.41, 5.74) is -1.26. The Morgan fingerprint density at radius 2 is 1.71 bits per heavy atom. The molecule has 0 spiro atoms. The van der Waals surface area contributed by atoms with Gasteiger partial charge < -0.3 is 24.4 Å². The number of ether oxygens (including phenoxy) is 3. The van der Waals surface area contributed by atoms with E-state index in [1.165, 1.54) is 14.2 Å². The lowest BCUT2D eigenvalue weighted by atomic mass is 9.86. The molecule has 0 aromatic heterocycles. The minimum atomic E-state index is -1.26. The lowest BCUT2D eigenvalue weighted by Gasteiger charge is -2.46. The molecule has 1 aliphatic heterocycles. The molecular formula is C9H18O5. The molecule has 1 heterocycles. The Balaban J connectivity index is 2.89. The second kappa shape index (κ2) is 4.12. The lowest BCUT2D eigenvalue weighted by Crippen LogP contribution is -2.65. The van der Waals surface area contributed by atoms with Gasteiger partial charge in [-0.05, 0) is 13.8 Å². The van der Waals surface area contributed by atoms with Gasteiger partial charge in [0.2, 0.25) is 0 Å². The van der Waals surface area contributed by atoms with Crippen LogP contribution in [0.4, 0.5) is 0 Å². The largest absolute Gasteiger partial charge is 0.384 e. The minimum Gasteiger partial charge on any atom is -0.384 e. The van der Waals surface area contributed by atoms with E-state index in [9.17, 15) is 10.2 Å². The Kier molecular flexibility index (Phi) is 3.49. The molecule has 0 aromatic rings. The van der Waals surface area contributed by atoms with Gasteiger partial charge in [-0.15, -0.1) is 0 Å². The summed E-state index contributed by atoms with van der Waals surface area (Å²) < 4.78 is 15.3. The molecule has 0 aromatic carbocycles. The second-order valence-electron chi connectivity index (χ2n) is 3.77. The zero-order valence-electron chi connectivity index (χ0n) is 8.93. The summed E-state index contributed by atoms with van der Waals surface area (Å²) in [6.07, 6.45) is -2.83. The highest BCUT2D eigenvalue weighted by atomic mass is 16.7. The van der Waals surface area contributed by atoms with Crippen molar-refractivity contribution in [2.75, 3.05) is 14.2 Å². The van der Waals surface area contributed by atoms with Crippen molar-refractivity contribution in [2.45, 2.75) is 44.1 Å². The Morgan fingerprint density at radius 1 is 1.21 bits per heavy atom. The van der Waals surface area contributed by atoms with Gasteiger partial charge in [0.1, 0.15) is 17.8 Å². The molecule has 0 bridgehead atoms. The van der Waals surface area contributed by atoms with Crippen molar-refractivity contribution in [3.8, 4) is 0 Å². The highest BCUT2D eigenvalue weighted by molar-refractivity contribution is 4.99. The smallest absolute Gasteiger partial charge is 0.184 e. The maximum atomic E-state index is 10.1. The fraction of sp³-hybridized carbons (Fsp3) is 1.00. The van der Waals surface area contributed by atoms with Crippen molar-refractivity contribution in [3.05, 3.63) is 0 Å². The summed E-state index contributed by atoms with van der Waals surface area (Å²) in [5.74, 6) is 0. The van der Waals surface area contributed by atoms with Crippen LogP contribution in [0.15, 0.2) is 0 Å². The van der Waals surface area contributed by atoms with Crippen LogP contribution in [0.2, 0.25) is 0 Å². The number of aliphatic hydroxyl groups is 2. The Bertz CT molecular complexity index is 176. The fourth-order valence-electron chi connectivity index (χ4n) is 2.07. The number of hydrogen-bond donors (Lipinski definition) is 2. The van der Waals surface area contributed by atoms with Crippen molar-refractivity contribution >= 4 is 0 Å². The van der Waals surface area contributed by atoms with Gasteiger partial charge in [-0.25, -0.2) is 0 Å². The number of hydrogen-bond acceptors (Lipinski definition) is 5. The summed E-state index contributed by atoms with van der Waals surface area (Å²) in [6.45, 7) is 3.30. The van der Waals surface area contributed by atoms with Gasteiger partial charge in [-0.2, -0.15) is 0 Å². The molecule has 84 valence electrons. The Labute approximate surface area is 83.6 Å². The number of methoxy groups -OCH3 is 2. The van der Waals surface area contributed by atoms with Crippen LogP contribution in [0.5, 0.6) is 0 Å². The number of aliphatic hydroxyl groups excluding tert-OH is 1. The van der Waals surface area contributed by atoms with Crippen molar-refractivity contribution in [1.29, 1.82) is 0 Å². The molecule has 5 atom stereocenters. The molecule has 1 saturated heterocycles. The van der Waals surface area contributed by atoms with Crippen molar-refractivity contribution in [2.24, 2.45) is 0 Å². The molecule has 2 N–H and O–H groups in total. The topological polar surface area (TPSA) is 68.2 Å². The van der Waals surface area contributed by atoms with E-state index in [0.717, 1.165) is 0 Å². The predicted octanol–water partition coefficient (Wildman–Crippen LogP) is -0.496. The highest BCUT2D eigenvalue weighted by Crippen LogP contribution is 2.31. The SMILES string of the molecule is COC1[C@H](O)OC(C)[C@H](OC)C1(C)O. The summed E-state index contributed by atoms with van der Waals surface area (Å²) >= 11 is 0. The van der Waals surface area contributed by atoms with Crippen molar-refractivity contribution < 1.29 is 24.4 Å². The van der Waals surface area contributed by atoms with Gasteiger partial charge in [-0.1, -0.05) is 0 Å². The van der Waals surface area contributed by atoms with Crippen LogP contribution in [0.1, 0.15) is 13.8 Å². The summed E-state index contributed by atoms with van der Waals surface area (Å²) in [7, 11) is 2.90. The third kappa shape index (κ3) is 1.78. The first-order chi connectivity index (χ1) is 6.45. The normalized spacial score (nSPS) is 49.3. The first kappa shape index (κ1) is 11.9. The van der Waals surface area contributed by atoms with Gasteiger partial charge >= 0.3 is 0 Å². The van der Waals surface area contributed by atoms with Crippen LogP contribution in [0.3, 0.4) is 0 Å². The van der Waals surface area contributed by atoms with Gasteiger partial charge in [0.25, 0.3) is 0 Å². The van der Waals surface area contributed by atoms with Crippen LogP contribution < -0.4 is 0 Å². The molecule has 0 radical (unpaired) electrons. The first-order valence-electron chi connectivity index (χ1n) is 4.56. The lowest BCUT2D eigenvalue weighted by molar-refractivity contribution is -0.318. The standard InChI is InChI=1S/C9H18O5/c1-5-6(12-3)9(2,11)7(13-4)8(10)14-5/h5-8,10-11H,1-4H3/t5?,6-,7?,8+,9?/m0/s1. The summed E-state index contributed by atoms with van der Waals surface area (Å²) in [6, 6.07) is 0. The second-order valence-corrected chi connectivity index (χ2v) is 3.77. The molecule has 1 aliphatic rings. The summed E-state index contributed by atoms with van der Waals surface area (Å²) in [5, 5.41) is 19.7. The third-order valence-corrected chi connectivity index (χ3v) is 2.70. The maximum absolute atomic E-state index is 10.1. The van der Waals surface area contributed by atoms with Crippen molar-refractivity contribution in [1.82, 2.24) is 0 Å². The van der Waals surface area contributed by atoms with E-state index in [0.29, 0.717) is 0 Å². The van der Waals surface area contributed by atoms with Crippen LogP contribution in [0.25, 0.3) is 0 Å². The zero-order chi connectivity index (χ0) is 10.9. The van der Waals surface area contributed by atoms with E-state index >= 15 is 0 Å². The Hall–Kier alpha value is -0.200. The van der Waals surface area contributed by atoms with Gasteiger partial charge in [0.15, 0.2) is 6.29 Å². The molecule has 14 heavy (non-hydrogen) atoms. The zero-order valence-corrected chi connectivity index (χ0v) is 8.93. The average molecular weight is 206 g/mol. The van der Waals surface area contributed by atoms with E-state index in [2.05, 4.69) is 0 Å². The van der Waals surface area contributed by atoms with E-state index in [-0.39, 0.29) is 6.10 Å².